The van der Waals surface area contributed by atoms with E-state index in [0.29, 0.717) is 37.4 Å². The Balaban J connectivity index is 1.30. The highest BCUT2D eigenvalue weighted by molar-refractivity contribution is 5.70. The van der Waals surface area contributed by atoms with E-state index >= 15 is 0 Å². The molecule has 2 aromatic carbocycles. The smallest absolute Gasteiger partial charge is 0.328 e. The van der Waals surface area contributed by atoms with E-state index in [1.54, 1.807) is 26.2 Å². The Morgan fingerprint density at radius 2 is 1.75 bits per heavy atom. The van der Waals surface area contributed by atoms with Crippen LogP contribution < -0.4 is 10.4 Å². The molecule has 5 rings (SSSR count). The summed E-state index contributed by atoms with van der Waals surface area (Å²) in [6.45, 7) is 0.856. The maximum atomic E-state index is 13.0. The van der Waals surface area contributed by atoms with Gasteiger partial charge in [-0.3, -0.25) is 13.9 Å². The molecule has 9 nitrogen and oxygen atoms in total. The Bertz CT molecular complexity index is 1390. The summed E-state index contributed by atoms with van der Waals surface area (Å²) in [7, 11) is 1.82. The zero-order valence-electron chi connectivity index (χ0n) is 20.2. The number of carbonyl (C=O) groups is 1. The second-order valence-corrected chi connectivity index (χ2v) is 9.30. The number of aromatic nitrogens is 5. The van der Waals surface area contributed by atoms with E-state index in [2.05, 4.69) is 10.3 Å². The van der Waals surface area contributed by atoms with E-state index < -0.39 is 5.97 Å². The van der Waals surface area contributed by atoms with Gasteiger partial charge < -0.3 is 9.84 Å². The van der Waals surface area contributed by atoms with Gasteiger partial charge in [-0.2, -0.15) is 0 Å². The van der Waals surface area contributed by atoms with Gasteiger partial charge in [-0.25, -0.2) is 9.48 Å². The number of carboxylic acid groups (broad SMARTS) is 1. The number of ether oxygens (including phenoxy) is 1. The maximum Gasteiger partial charge on any atom is 0.328 e. The first-order chi connectivity index (χ1) is 17.5. The van der Waals surface area contributed by atoms with Crippen molar-refractivity contribution < 1.29 is 14.6 Å². The van der Waals surface area contributed by atoms with Gasteiger partial charge >= 0.3 is 11.7 Å². The number of hydrogen-bond donors (Lipinski definition) is 1. The molecular formula is C27H29N5O4. The quantitative estimate of drug-likeness (QED) is 0.408. The van der Waals surface area contributed by atoms with Crippen molar-refractivity contribution in [3.05, 3.63) is 88.7 Å². The van der Waals surface area contributed by atoms with E-state index in [1.165, 1.54) is 0 Å². The number of carboxylic acids is 1. The molecule has 1 fully saturated rings. The van der Waals surface area contributed by atoms with Gasteiger partial charge in [0, 0.05) is 25.0 Å². The van der Waals surface area contributed by atoms with Crippen LogP contribution in [0, 0.1) is 5.92 Å². The lowest BCUT2D eigenvalue weighted by Gasteiger charge is -2.27. The molecule has 0 spiro atoms. The molecule has 0 unspecified atom stereocenters. The number of nitrogens with zero attached hydrogens (tertiary/aromatic N) is 5. The highest BCUT2D eigenvalue weighted by Crippen LogP contribution is 2.29. The summed E-state index contributed by atoms with van der Waals surface area (Å²) in [5.41, 5.74) is 3.36. The summed E-state index contributed by atoms with van der Waals surface area (Å²) >= 11 is 0. The largest absolute Gasteiger partial charge is 0.490 e. The van der Waals surface area contributed by atoms with Crippen LogP contribution in [-0.2, 0) is 24.9 Å². The SMILES string of the molecule is Cn1nnc(-c2ccc(O[C@H]3CCC[C@H](C(=O)O)C3)cc2)c1Cn1ccn(Cc2ccccc2)c1=O. The summed E-state index contributed by atoms with van der Waals surface area (Å²) in [4.78, 5) is 24.3. The predicted octanol–water partition coefficient (Wildman–Crippen LogP) is 3.56. The van der Waals surface area contributed by atoms with Crippen molar-refractivity contribution in [2.45, 2.75) is 44.9 Å². The van der Waals surface area contributed by atoms with Gasteiger partial charge in [0.15, 0.2) is 0 Å². The van der Waals surface area contributed by atoms with E-state index in [-0.39, 0.29) is 17.7 Å². The van der Waals surface area contributed by atoms with E-state index in [4.69, 9.17) is 4.74 Å². The molecule has 1 aliphatic rings. The molecule has 0 bridgehead atoms. The van der Waals surface area contributed by atoms with E-state index in [0.717, 1.165) is 29.7 Å². The zero-order chi connectivity index (χ0) is 25.1. The lowest BCUT2D eigenvalue weighted by molar-refractivity contribution is -0.143. The van der Waals surface area contributed by atoms with Gasteiger partial charge in [0.2, 0.25) is 0 Å². The van der Waals surface area contributed by atoms with Gasteiger partial charge in [0.25, 0.3) is 0 Å². The van der Waals surface area contributed by atoms with Gasteiger partial charge in [-0.05, 0) is 55.5 Å². The van der Waals surface area contributed by atoms with Gasteiger partial charge in [0.1, 0.15) is 11.4 Å². The van der Waals surface area contributed by atoms with Crippen LogP contribution in [-0.4, -0.2) is 41.3 Å². The Hall–Kier alpha value is -4.14. The minimum absolute atomic E-state index is 0.0930. The second kappa shape index (κ2) is 10.2. The molecule has 0 aliphatic heterocycles. The Morgan fingerprint density at radius 1 is 1.03 bits per heavy atom. The molecule has 1 saturated carbocycles. The van der Waals surface area contributed by atoms with Crippen molar-refractivity contribution in [1.29, 1.82) is 0 Å². The lowest BCUT2D eigenvalue weighted by atomic mass is 9.87. The summed E-state index contributed by atoms with van der Waals surface area (Å²) in [5.74, 6) is -0.381. The molecular weight excluding hydrogens is 458 g/mol. The van der Waals surface area contributed by atoms with Crippen LogP contribution in [0.4, 0.5) is 0 Å². The maximum absolute atomic E-state index is 13.0. The van der Waals surface area contributed by atoms with E-state index in [1.807, 2.05) is 61.6 Å². The van der Waals surface area contributed by atoms with Crippen LogP contribution >= 0.6 is 0 Å². The van der Waals surface area contributed by atoms with Crippen LogP contribution in [0.15, 0.2) is 71.8 Å². The highest BCUT2D eigenvalue weighted by atomic mass is 16.5. The summed E-state index contributed by atoms with van der Waals surface area (Å²) < 4.78 is 11.1. The molecule has 36 heavy (non-hydrogen) atoms. The number of rotatable bonds is 8. The summed E-state index contributed by atoms with van der Waals surface area (Å²) in [5, 5.41) is 17.8. The van der Waals surface area contributed by atoms with Crippen LogP contribution in [0.3, 0.4) is 0 Å². The fourth-order valence-corrected chi connectivity index (χ4v) is 4.77. The molecule has 1 N–H and O–H groups in total. The minimum Gasteiger partial charge on any atom is -0.490 e. The lowest BCUT2D eigenvalue weighted by Crippen LogP contribution is -2.29. The zero-order valence-corrected chi connectivity index (χ0v) is 20.2. The van der Waals surface area contributed by atoms with Gasteiger partial charge in [-0.1, -0.05) is 35.5 Å². The fourth-order valence-electron chi connectivity index (χ4n) is 4.77. The van der Waals surface area contributed by atoms with Crippen molar-refractivity contribution in [1.82, 2.24) is 24.1 Å². The third kappa shape index (κ3) is 5.10. The van der Waals surface area contributed by atoms with Gasteiger partial charge in [0.05, 0.1) is 30.8 Å². The minimum atomic E-state index is -0.747. The van der Waals surface area contributed by atoms with Crippen molar-refractivity contribution >= 4 is 5.97 Å². The Labute approximate surface area is 208 Å². The monoisotopic (exact) mass is 487 g/mol. The van der Waals surface area contributed by atoms with Crippen LogP contribution in [0.25, 0.3) is 11.3 Å². The Kier molecular flexibility index (Phi) is 6.71. The number of aryl methyl sites for hydroxylation is 1. The third-order valence-corrected chi connectivity index (χ3v) is 6.78. The molecule has 0 saturated heterocycles. The summed E-state index contributed by atoms with van der Waals surface area (Å²) in [6, 6.07) is 17.5. The first-order valence-electron chi connectivity index (χ1n) is 12.2. The van der Waals surface area contributed by atoms with Gasteiger partial charge in [-0.15, -0.1) is 5.10 Å². The van der Waals surface area contributed by atoms with Crippen molar-refractivity contribution in [3.8, 4) is 17.0 Å². The van der Waals surface area contributed by atoms with Crippen molar-refractivity contribution in [3.63, 3.8) is 0 Å². The standard InChI is InChI=1S/C27H29N5O4/c1-30-24(18-32-15-14-31(27(32)35)17-19-6-3-2-4-7-19)25(28-29-30)20-10-12-22(13-11-20)36-23-9-5-8-21(16-23)26(33)34/h2-4,6-7,10-15,21,23H,5,8-9,16-18H2,1H3,(H,33,34)/t21-,23-/m0/s1. The highest BCUT2D eigenvalue weighted by Gasteiger charge is 2.28. The number of benzene rings is 2. The first kappa shape index (κ1) is 23.6. The molecule has 2 heterocycles. The normalized spacial score (nSPS) is 17.7. The Morgan fingerprint density at radius 3 is 2.47 bits per heavy atom. The topological polar surface area (TPSA) is 104 Å². The fraction of sp³-hybridized carbons (Fsp3) is 0.333. The second-order valence-electron chi connectivity index (χ2n) is 9.30. The summed E-state index contributed by atoms with van der Waals surface area (Å²) in [6.07, 6.45) is 6.45. The van der Waals surface area contributed by atoms with Crippen LogP contribution in [0.2, 0.25) is 0 Å². The molecule has 4 aromatic rings. The van der Waals surface area contributed by atoms with E-state index in [9.17, 15) is 14.7 Å². The van der Waals surface area contributed by atoms with Crippen molar-refractivity contribution in [2.75, 3.05) is 0 Å². The molecule has 9 heteroatoms. The number of hydrogen-bond acceptors (Lipinski definition) is 5. The number of aliphatic carboxylic acids is 1. The molecule has 186 valence electrons. The molecule has 1 aliphatic carbocycles. The number of imidazole rings is 1. The molecule has 2 aromatic heterocycles. The molecule has 0 radical (unpaired) electrons. The molecule has 0 amide bonds. The van der Waals surface area contributed by atoms with Crippen LogP contribution in [0.5, 0.6) is 5.75 Å². The average molecular weight is 488 g/mol. The van der Waals surface area contributed by atoms with Crippen LogP contribution in [0.1, 0.15) is 36.9 Å². The molecule has 2 atom stereocenters. The average Bonchev–Trinajstić information content (AvgIpc) is 3.43. The predicted molar refractivity (Wildman–Crippen MR) is 134 cm³/mol. The third-order valence-electron chi connectivity index (χ3n) is 6.78. The first-order valence-corrected chi connectivity index (χ1v) is 12.2. The van der Waals surface area contributed by atoms with Crippen molar-refractivity contribution in [2.24, 2.45) is 13.0 Å².